The van der Waals surface area contributed by atoms with Gasteiger partial charge in [0.25, 0.3) is 0 Å². The van der Waals surface area contributed by atoms with Crippen molar-refractivity contribution in [1.82, 2.24) is 0 Å². The van der Waals surface area contributed by atoms with E-state index in [1.165, 1.54) is 0 Å². The van der Waals surface area contributed by atoms with Crippen LogP contribution in [0.25, 0.3) is 0 Å². The van der Waals surface area contributed by atoms with Crippen LogP contribution in [-0.2, 0) is 4.74 Å². The van der Waals surface area contributed by atoms with Crippen LogP contribution in [0.2, 0.25) is 0 Å². The van der Waals surface area contributed by atoms with Crippen LogP contribution in [0.1, 0.15) is 6.92 Å². The van der Waals surface area contributed by atoms with Gasteiger partial charge in [-0.25, -0.2) is 0 Å². The monoisotopic (exact) mass is 222 g/mol. The zero-order valence-electron chi connectivity index (χ0n) is 9.57. The Hall–Kier alpha value is -1.42. The molecule has 0 radical (unpaired) electrons. The number of ether oxygens (including phenoxy) is 1. The summed E-state index contributed by atoms with van der Waals surface area (Å²) >= 11 is 0. The first kappa shape index (κ1) is 11.1. The standard InChI is InChI=1S/C12H18N2O2/c1-2-13-10-3-4-11(12(15)9-10)14-5-7-16-8-6-14/h3-4,9,13,15H,2,5-8H2,1H3. The number of aromatic hydroxyl groups is 1. The predicted molar refractivity (Wildman–Crippen MR) is 65.3 cm³/mol. The fourth-order valence-electron chi connectivity index (χ4n) is 1.91. The first-order valence-electron chi connectivity index (χ1n) is 5.71. The molecule has 16 heavy (non-hydrogen) atoms. The number of hydrogen-bond acceptors (Lipinski definition) is 4. The third-order valence-corrected chi connectivity index (χ3v) is 2.71. The Morgan fingerprint density at radius 2 is 2.12 bits per heavy atom. The molecule has 0 unspecified atom stereocenters. The molecule has 2 N–H and O–H groups in total. The van der Waals surface area contributed by atoms with Crippen LogP contribution in [0, 0.1) is 0 Å². The number of phenols is 1. The molecule has 0 bridgehead atoms. The number of phenolic OH excluding ortho intramolecular Hbond substituents is 1. The van der Waals surface area contributed by atoms with Crippen molar-refractivity contribution in [2.75, 3.05) is 43.1 Å². The Morgan fingerprint density at radius 3 is 2.75 bits per heavy atom. The molecule has 1 aliphatic rings. The van der Waals surface area contributed by atoms with Gasteiger partial charge in [0.2, 0.25) is 0 Å². The summed E-state index contributed by atoms with van der Waals surface area (Å²) in [5.41, 5.74) is 1.85. The second-order valence-electron chi connectivity index (χ2n) is 3.83. The van der Waals surface area contributed by atoms with Gasteiger partial charge < -0.3 is 20.1 Å². The summed E-state index contributed by atoms with van der Waals surface area (Å²) in [4.78, 5) is 2.15. The van der Waals surface area contributed by atoms with E-state index in [1.54, 1.807) is 6.07 Å². The average Bonchev–Trinajstić information content (AvgIpc) is 2.31. The summed E-state index contributed by atoms with van der Waals surface area (Å²) < 4.78 is 5.29. The molecule has 88 valence electrons. The van der Waals surface area contributed by atoms with Crippen LogP contribution in [0.3, 0.4) is 0 Å². The van der Waals surface area contributed by atoms with Crippen molar-refractivity contribution < 1.29 is 9.84 Å². The van der Waals surface area contributed by atoms with Crippen molar-refractivity contribution in [3.8, 4) is 5.75 Å². The maximum Gasteiger partial charge on any atom is 0.140 e. The Kier molecular flexibility index (Phi) is 3.51. The zero-order chi connectivity index (χ0) is 11.4. The highest BCUT2D eigenvalue weighted by Crippen LogP contribution is 2.30. The van der Waals surface area contributed by atoms with E-state index in [0.29, 0.717) is 5.75 Å². The summed E-state index contributed by atoms with van der Waals surface area (Å²) in [7, 11) is 0. The minimum absolute atomic E-state index is 0.334. The zero-order valence-corrected chi connectivity index (χ0v) is 9.57. The van der Waals surface area contributed by atoms with Crippen molar-refractivity contribution in [1.29, 1.82) is 0 Å². The smallest absolute Gasteiger partial charge is 0.140 e. The van der Waals surface area contributed by atoms with E-state index in [9.17, 15) is 5.11 Å². The number of rotatable bonds is 3. The van der Waals surface area contributed by atoms with E-state index in [1.807, 2.05) is 19.1 Å². The van der Waals surface area contributed by atoms with Crippen molar-refractivity contribution in [2.45, 2.75) is 6.92 Å². The van der Waals surface area contributed by atoms with E-state index in [4.69, 9.17) is 4.74 Å². The number of anilines is 2. The maximum absolute atomic E-state index is 9.95. The Morgan fingerprint density at radius 1 is 1.38 bits per heavy atom. The van der Waals surface area contributed by atoms with Gasteiger partial charge in [-0.2, -0.15) is 0 Å². The highest BCUT2D eigenvalue weighted by Gasteiger charge is 2.14. The van der Waals surface area contributed by atoms with Crippen LogP contribution in [-0.4, -0.2) is 38.0 Å². The average molecular weight is 222 g/mol. The summed E-state index contributed by atoms with van der Waals surface area (Å²) in [5, 5.41) is 13.1. The Labute approximate surface area is 95.8 Å². The molecule has 1 aromatic carbocycles. The first-order chi connectivity index (χ1) is 7.81. The number of hydrogen-bond donors (Lipinski definition) is 2. The van der Waals surface area contributed by atoms with Gasteiger partial charge >= 0.3 is 0 Å². The summed E-state index contributed by atoms with van der Waals surface area (Å²) in [6.07, 6.45) is 0. The van der Waals surface area contributed by atoms with Gasteiger partial charge in [0.05, 0.1) is 18.9 Å². The van der Waals surface area contributed by atoms with E-state index >= 15 is 0 Å². The highest BCUT2D eigenvalue weighted by atomic mass is 16.5. The van der Waals surface area contributed by atoms with Crippen molar-refractivity contribution in [3.05, 3.63) is 18.2 Å². The SMILES string of the molecule is CCNc1ccc(N2CCOCC2)c(O)c1. The van der Waals surface area contributed by atoms with E-state index in [0.717, 1.165) is 44.2 Å². The van der Waals surface area contributed by atoms with E-state index in [2.05, 4.69) is 10.2 Å². The molecule has 0 aromatic heterocycles. The van der Waals surface area contributed by atoms with Crippen LogP contribution >= 0.6 is 0 Å². The first-order valence-corrected chi connectivity index (χ1v) is 5.71. The molecule has 4 nitrogen and oxygen atoms in total. The molecule has 0 atom stereocenters. The van der Waals surface area contributed by atoms with Crippen molar-refractivity contribution >= 4 is 11.4 Å². The van der Waals surface area contributed by atoms with Crippen LogP contribution in [0.15, 0.2) is 18.2 Å². The quantitative estimate of drug-likeness (QED) is 0.816. The molecule has 0 aliphatic carbocycles. The fraction of sp³-hybridized carbons (Fsp3) is 0.500. The topological polar surface area (TPSA) is 44.7 Å². The largest absolute Gasteiger partial charge is 0.506 e. The van der Waals surface area contributed by atoms with Gasteiger partial charge in [-0.3, -0.25) is 0 Å². The molecular formula is C12H18N2O2. The third-order valence-electron chi connectivity index (χ3n) is 2.71. The lowest BCUT2D eigenvalue weighted by atomic mass is 10.2. The van der Waals surface area contributed by atoms with E-state index < -0.39 is 0 Å². The van der Waals surface area contributed by atoms with Crippen LogP contribution in [0.5, 0.6) is 5.75 Å². The lowest BCUT2D eigenvalue weighted by Gasteiger charge is -2.29. The molecule has 1 saturated heterocycles. The van der Waals surface area contributed by atoms with Gasteiger partial charge in [0.15, 0.2) is 0 Å². The second-order valence-corrected chi connectivity index (χ2v) is 3.83. The molecule has 1 aromatic rings. The number of benzene rings is 1. The Bertz CT molecular complexity index is 349. The van der Waals surface area contributed by atoms with Crippen molar-refractivity contribution in [2.24, 2.45) is 0 Å². The highest BCUT2D eigenvalue weighted by molar-refractivity contribution is 5.64. The molecule has 2 rings (SSSR count). The predicted octanol–water partition coefficient (Wildman–Crippen LogP) is 1.66. The van der Waals surface area contributed by atoms with Crippen LogP contribution in [0.4, 0.5) is 11.4 Å². The molecule has 0 saturated carbocycles. The number of morpholine rings is 1. The number of nitrogens with zero attached hydrogens (tertiary/aromatic N) is 1. The lowest BCUT2D eigenvalue weighted by molar-refractivity contribution is 0.122. The van der Waals surface area contributed by atoms with Crippen molar-refractivity contribution in [3.63, 3.8) is 0 Å². The van der Waals surface area contributed by atoms with Gasteiger partial charge in [-0.15, -0.1) is 0 Å². The van der Waals surface area contributed by atoms with Gasteiger partial charge in [0.1, 0.15) is 5.75 Å². The fourth-order valence-corrected chi connectivity index (χ4v) is 1.91. The molecule has 0 spiro atoms. The number of nitrogens with one attached hydrogen (secondary N) is 1. The summed E-state index contributed by atoms with van der Waals surface area (Å²) in [6, 6.07) is 5.72. The molecular weight excluding hydrogens is 204 g/mol. The lowest BCUT2D eigenvalue weighted by Crippen LogP contribution is -2.36. The molecule has 1 aliphatic heterocycles. The van der Waals surface area contributed by atoms with Gasteiger partial charge in [-0.1, -0.05) is 0 Å². The second kappa shape index (κ2) is 5.07. The minimum Gasteiger partial charge on any atom is -0.506 e. The molecule has 1 fully saturated rings. The summed E-state index contributed by atoms with van der Waals surface area (Å²) in [6.45, 7) is 6.04. The summed E-state index contributed by atoms with van der Waals surface area (Å²) in [5.74, 6) is 0.334. The Balaban J connectivity index is 2.14. The normalized spacial score (nSPS) is 16.2. The van der Waals surface area contributed by atoms with Gasteiger partial charge in [-0.05, 0) is 19.1 Å². The molecule has 0 amide bonds. The van der Waals surface area contributed by atoms with Crippen LogP contribution < -0.4 is 10.2 Å². The molecule has 1 heterocycles. The third kappa shape index (κ3) is 2.39. The molecule has 4 heteroatoms. The van der Waals surface area contributed by atoms with Gasteiger partial charge in [0, 0.05) is 31.4 Å². The maximum atomic E-state index is 9.95. The minimum atomic E-state index is 0.334. The van der Waals surface area contributed by atoms with E-state index in [-0.39, 0.29) is 0 Å².